The first-order chi connectivity index (χ1) is 10.2. The average molecular weight is 291 g/mol. The van der Waals surface area contributed by atoms with Crippen molar-refractivity contribution in [1.82, 2.24) is 15.2 Å². The molecule has 1 saturated heterocycles. The van der Waals surface area contributed by atoms with E-state index in [1.165, 1.54) is 12.1 Å². The smallest absolute Gasteiger partial charge is 0.399 e. The molecule has 0 amide bonds. The molecule has 3 rings (SSSR count). The minimum Gasteiger partial charge on any atom is -0.399 e. The molecule has 3 heterocycles. The normalized spacial score (nSPS) is 15.7. The van der Waals surface area contributed by atoms with Crippen molar-refractivity contribution in [2.24, 2.45) is 5.10 Å². The first kappa shape index (κ1) is 13.3. The maximum Gasteiger partial charge on any atom is 0.433 e. The van der Waals surface area contributed by atoms with Gasteiger partial charge in [0.1, 0.15) is 10.6 Å². The van der Waals surface area contributed by atoms with Crippen LogP contribution in [0.25, 0.3) is 11.5 Å². The Kier molecular flexibility index (Phi) is 3.65. The van der Waals surface area contributed by atoms with E-state index in [4.69, 9.17) is 9.15 Å². The van der Waals surface area contributed by atoms with Gasteiger partial charge in [0.05, 0.1) is 38.6 Å². The number of furan rings is 1. The first-order valence-electron chi connectivity index (χ1n) is 6.39. The maximum atomic E-state index is 10.6. The van der Waals surface area contributed by atoms with Crippen LogP contribution >= 0.6 is 0 Å². The van der Waals surface area contributed by atoms with E-state index in [0.717, 1.165) is 13.1 Å². The largest absolute Gasteiger partial charge is 0.433 e. The molecule has 0 saturated carbocycles. The van der Waals surface area contributed by atoms with E-state index < -0.39 is 4.92 Å². The van der Waals surface area contributed by atoms with Crippen molar-refractivity contribution in [3.05, 3.63) is 34.0 Å². The highest BCUT2D eigenvalue weighted by atomic mass is 16.6. The summed E-state index contributed by atoms with van der Waals surface area (Å²) in [5.74, 6) is 0.00967. The highest BCUT2D eigenvalue weighted by Crippen LogP contribution is 2.26. The van der Waals surface area contributed by atoms with Crippen LogP contribution in [-0.2, 0) is 4.74 Å². The number of nitrogens with one attached hydrogen (secondary N) is 1. The first-order valence-corrected chi connectivity index (χ1v) is 6.39. The third kappa shape index (κ3) is 2.92. The summed E-state index contributed by atoms with van der Waals surface area (Å²) in [6.45, 7) is 2.77. The molecule has 0 unspecified atom stereocenters. The van der Waals surface area contributed by atoms with Crippen molar-refractivity contribution < 1.29 is 14.1 Å². The third-order valence-electron chi connectivity index (χ3n) is 3.02. The Labute approximate surface area is 119 Å². The van der Waals surface area contributed by atoms with Gasteiger partial charge in [-0.25, -0.2) is 0 Å². The number of aromatic nitrogens is 2. The van der Waals surface area contributed by atoms with Gasteiger partial charge in [0.25, 0.3) is 0 Å². The number of ether oxygens (including phenoxy) is 1. The molecule has 1 N–H and O–H groups in total. The number of morpholine rings is 1. The van der Waals surface area contributed by atoms with Crippen molar-refractivity contribution in [1.29, 1.82) is 0 Å². The fourth-order valence-corrected chi connectivity index (χ4v) is 1.96. The lowest BCUT2D eigenvalue weighted by Gasteiger charge is -2.23. The Balaban J connectivity index is 1.79. The van der Waals surface area contributed by atoms with Crippen LogP contribution in [0.15, 0.2) is 27.8 Å². The minimum absolute atomic E-state index is 0.316. The summed E-state index contributed by atoms with van der Waals surface area (Å²) in [5.41, 5.74) is 1.19. The molecule has 0 atom stereocenters. The molecule has 2 aromatic rings. The van der Waals surface area contributed by atoms with E-state index in [9.17, 15) is 10.1 Å². The Morgan fingerprint density at radius 3 is 2.95 bits per heavy atom. The number of hydrazone groups is 1. The van der Waals surface area contributed by atoms with Gasteiger partial charge in [0.2, 0.25) is 0 Å². The van der Waals surface area contributed by atoms with Crippen LogP contribution in [0, 0.1) is 10.1 Å². The summed E-state index contributed by atoms with van der Waals surface area (Å²) in [5, 5.41) is 23.6. The summed E-state index contributed by atoms with van der Waals surface area (Å²) in [4.78, 5) is 10.1. The van der Waals surface area contributed by atoms with E-state index >= 15 is 0 Å². The molecule has 9 nitrogen and oxygen atoms in total. The maximum absolute atomic E-state index is 10.6. The molecule has 0 radical (unpaired) electrons. The van der Waals surface area contributed by atoms with Crippen LogP contribution in [0.4, 0.5) is 5.88 Å². The van der Waals surface area contributed by atoms with Gasteiger partial charge in [-0.1, -0.05) is 0 Å². The molecule has 0 aromatic carbocycles. The molecular weight excluding hydrogens is 278 g/mol. The summed E-state index contributed by atoms with van der Waals surface area (Å²) >= 11 is 0. The Morgan fingerprint density at radius 2 is 2.24 bits per heavy atom. The van der Waals surface area contributed by atoms with Gasteiger partial charge in [0, 0.05) is 11.8 Å². The number of aromatic amines is 1. The lowest BCUT2D eigenvalue weighted by atomic mass is 10.2. The van der Waals surface area contributed by atoms with E-state index in [0.29, 0.717) is 30.2 Å². The SMILES string of the molecule is O=[N+]([O-])c1ccc(-c2n[nH]cc2/C=N/N2CCOCC2)o1. The zero-order chi connectivity index (χ0) is 14.7. The third-order valence-corrected chi connectivity index (χ3v) is 3.02. The summed E-state index contributed by atoms with van der Waals surface area (Å²) < 4.78 is 10.4. The standard InChI is InChI=1S/C12H13N5O4/c18-17(19)11-2-1-10(21-11)12-9(7-13-15-12)8-14-16-3-5-20-6-4-16/h1-2,7-8H,3-6H2,(H,13,15)/b14-8+. The number of hydrogen-bond acceptors (Lipinski definition) is 7. The molecule has 9 heteroatoms. The van der Waals surface area contributed by atoms with Crippen molar-refractivity contribution in [3.63, 3.8) is 0 Å². The number of rotatable bonds is 4. The Bertz CT molecular complexity index is 656. The Morgan fingerprint density at radius 1 is 1.43 bits per heavy atom. The van der Waals surface area contributed by atoms with E-state index in [1.807, 2.05) is 5.01 Å². The molecule has 110 valence electrons. The van der Waals surface area contributed by atoms with Gasteiger partial charge in [-0.2, -0.15) is 10.2 Å². The highest BCUT2D eigenvalue weighted by Gasteiger charge is 2.17. The molecule has 1 aliphatic rings. The molecule has 0 aliphatic carbocycles. The van der Waals surface area contributed by atoms with E-state index in [2.05, 4.69) is 15.3 Å². The number of nitrogens with zero attached hydrogens (tertiary/aromatic N) is 4. The van der Waals surface area contributed by atoms with Crippen molar-refractivity contribution in [3.8, 4) is 11.5 Å². The van der Waals surface area contributed by atoms with Crippen molar-refractivity contribution >= 4 is 12.1 Å². The van der Waals surface area contributed by atoms with Crippen LogP contribution in [-0.4, -0.2) is 52.6 Å². The highest BCUT2D eigenvalue weighted by molar-refractivity contribution is 5.87. The van der Waals surface area contributed by atoms with Crippen LogP contribution in [0.2, 0.25) is 0 Å². The van der Waals surface area contributed by atoms with Gasteiger partial charge in [-0.15, -0.1) is 0 Å². The summed E-state index contributed by atoms with van der Waals surface area (Å²) in [6.07, 6.45) is 3.31. The lowest BCUT2D eigenvalue weighted by Crippen LogP contribution is -2.32. The molecule has 0 bridgehead atoms. The van der Waals surface area contributed by atoms with Crippen LogP contribution in [0.5, 0.6) is 0 Å². The second kappa shape index (κ2) is 5.75. The average Bonchev–Trinajstić information content (AvgIpc) is 3.15. The van der Waals surface area contributed by atoms with E-state index in [1.54, 1.807) is 12.4 Å². The number of H-pyrrole nitrogens is 1. The van der Waals surface area contributed by atoms with Crippen LogP contribution in [0.1, 0.15) is 5.56 Å². The molecule has 1 aliphatic heterocycles. The van der Waals surface area contributed by atoms with Crippen molar-refractivity contribution in [2.45, 2.75) is 0 Å². The molecule has 2 aromatic heterocycles. The van der Waals surface area contributed by atoms with Crippen molar-refractivity contribution in [2.75, 3.05) is 26.3 Å². The fourth-order valence-electron chi connectivity index (χ4n) is 1.96. The predicted molar refractivity (Wildman–Crippen MR) is 72.9 cm³/mol. The van der Waals surface area contributed by atoms with Crippen LogP contribution in [0.3, 0.4) is 0 Å². The molecule has 21 heavy (non-hydrogen) atoms. The molecular formula is C12H13N5O4. The zero-order valence-corrected chi connectivity index (χ0v) is 11.1. The molecule has 1 fully saturated rings. The summed E-state index contributed by atoms with van der Waals surface area (Å²) in [7, 11) is 0. The second-order valence-electron chi connectivity index (χ2n) is 4.39. The van der Waals surface area contributed by atoms with Gasteiger partial charge >= 0.3 is 5.88 Å². The minimum atomic E-state index is -0.586. The van der Waals surface area contributed by atoms with Gasteiger partial charge < -0.3 is 9.15 Å². The van der Waals surface area contributed by atoms with Gasteiger partial charge in [0.15, 0.2) is 5.76 Å². The zero-order valence-electron chi connectivity index (χ0n) is 11.1. The topological polar surface area (TPSA) is 110 Å². The monoisotopic (exact) mass is 291 g/mol. The Hall–Kier alpha value is -2.68. The second-order valence-corrected chi connectivity index (χ2v) is 4.39. The lowest BCUT2D eigenvalue weighted by molar-refractivity contribution is -0.401. The van der Waals surface area contributed by atoms with Gasteiger partial charge in [-0.05, 0) is 6.07 Å². The van der Waals surface area contributed by atoms with Gasteiger partial charge in [-0.3, -0.25) is 20.2 Å². The number of nitro groups is 1. The van der Waals surface area contributed by atoms with E-state index in [-0.39, 0.29) is 5.88 Å². The van der Waals surface area contributed by atoms with Crippen LogP contribution < -0.4 is 0 Å². The number of hydrogen-bond donors (Lipinski definition) is 1. The summed E-state index contributed by atoms with van der Waals surface area (Å²) in [6, 6.07) is 2.81. The quantitative estimate of drug-likeness (QED) is 0.515. The molecule has 0 spiro atoms. The predicted octanol–water partition coefficient (Wildman–Crippen LogP) is 1.24. The fraction of sp³-hybridized carbons (Fsp3) is 0.333.